The largest absolute Gasteiger partial charge is 0.494 e. The van der Waals surface area contributed by atoms with Gasteiger partial charge in [0.05, 0.1) is 17.6 Å². The number of nitrogens with zero attached hydrogens (tertiary/aromatic N) is 2. The lowest BCUT2D eigenvalue weighted by atomic mass is 10.2. The fourth-order valence-electron chi connectivity index (χ4n) is 2.65. The van der Waals surface area contributed by atoms with Crippen molar-refractivity contribution in [2.75, 3.05) is 11.9 Å². The zero-order chi connectivity index (χ0) is 17.8. The average Bonchev–Trinajstić information content (AvgIpc) is 2.63. The van der Waals surface area contributed by atoms with E-state index in [1.54, 1.807) is 34.9 Å². The van der Waals surface area contributed by atoms with E-state index in [1.807, 2.05) is 32.0 Å². The summed E-state index contributed by atoms with van der Waals surface area (Å²) in [5, 5.41) is 2.71. The van der Waals surface area contributed by atoms with Crippen LogP contribution in [0, 0.1) is 0 Å². The molecule has 0 radical (unpaired) electrons. The number of benzene rings is 2. The third-order valence-electron chi connectivity index (χ3n) is 3.81. The van der Waals surface area contributed by atoms with E-state index in [-0.39, 0.29) is 5.69 Å². The molecule has 0 spiro atoms. The summed E-state index contributed by atoms with van der Waals surface area (Å²) < 4.78 is 6.92. The van der Waals surface area contributed by atoms with Crippen molar-refractivity contribution in [3.63, 3.8) is 0 Å². The predicted octanol–water partition coefficient (Wildman–Crippen LogP) is 3.07. The highest BCUT2D eigenvalue weighted by Gasteiger charge is 2.17. The molecule has 0 unspecified atom stereocenters. The minimum absolute atomic E-state index is 0.116. The first-order valence-corrected chi connectivity index (χ1v) is 8.17. The second-order valence-electron chi connectivity index (χ2n) is 5.41. The van der Waals surface area contributed by atoms with Crippen molar-refractivity contribution in [2.45, 2.75) is 20.4 Å². The number of aromatic nitrogens is 2. The molecule has 2 aromatic carbocycles. The van der Waals surface area contributed by atoms with Gasteiger partial charge in [0.2, 0.25) is 0 Å². The smallest absolute Gasteiger partial charge is 0.282 e. The van der Waals surface area contributed by atoms with Gasteiger partial charge in [-0.25, -0.2) is 4.98 Å². The van der Waals surface area contributed by atoms with Crippen molar-refractivity contribution in [1.29, 1.82) is 0 Å². The molecule has 25 heavy (non-hydrogen) atoms. The number of anilines is 1. The van der Waals surface area contributed by atoms with Gasteiger partial charge >= 0.3 is 0 Å². The average molecular weight is 337 g/mol. The Morgan fingerprint density at radius 1 is 1.12 bits per heavy atom. The van der Waals surface area contributed by atoms with Crippen LogP contribution in [-0.4, -0.2) is 22.1 Å². The number of fused-ring (bicyclic) bond motifs is 1. The van der Waals surface area contributed by atoms with Gasteiger partial charge in [-0.1, -0.05) is 12.1 Å². The predicted molar refractivity (Wildman–Crippen MR) is 97.2 cm³/mol. The van der Waals surface area contributed by atoms with Crippen LogP contribution in [-0.2, 0) is 6.54 Å². The highest BCUT2D eigenvalue weighted by atomic mass is 16.5. The zero-order valence-corrected chi connectivity index (χ0v) is 14.2. The van der Waals surface area contributed by atoms with Crippen molar-refractivity contribution in [3.8, 4) is 5.75 Å². The Bertz CT molecular complexity index is 962. The molecule has 3 rings (SSSR count). The summed E-state index contributed by atoms with van der Waals surface area (Å²) >= 11 is 0. The maximum atomic E-state index is 12.6. The van der Waals surface area contributed by atoms with Crippen molar-refractivity contribution in [3.05, 3.63) is 64.6 Å². The van der Waals surface area contributed by atoms with Crippen LogP contribution >= 0.6 is 0 Å². The number of para-hydroxylation sites is 2. The molecule has 1 amide bonds. The topological polar surface area (TPSA) is 73.2 Å². The lowest BCUT2D eigenvalue weighted by Crippen LogP contribution is -2.30. The number of carbonyl (C=O) groups excluding carboxylic acids is 1. The van der Waals surface area contributed by atoms with E-state index in [1.165, 1.54) is 0 Å². The molecule has 6 nitrogen and oxygen atoms in total. The van der Waals surface area contributed by atoms with Crippen LogP contribution in [0.1, 0.15) is 24.3 Å². The van der Waals surface area contributed by atoms with Crippen LogP contribution in [0.25, 0.3) is 11.0 Å². The van der Waals surface area contributed by atoms with Gasteiger partial charge in [0.15, 0.2) is 5.69 Å². The number of hydrogen-bond donors (Lipinski definition) is 1. The number of rotatable bonds is 5. The lowest BCUT2D eigenvalue weighted by molar-refractivity contribution is 0.102. The van der Waals surface area contributed by atoms with E-state index >= 15 is 0 Å². The first kappa shape index (κ1) is 16.7. The standard InChI is InChI=1S/C19H19N3O3/c1-3-22-16-8-6-5-7-15(16)21-17(19(22)24)18(23)20-13-9-11-14(12-10-13)25-4-2/h5-12H,3-4H2,1-2H3,(H,20,23). The van der Waals surface area contributed by atoms with Crippen LogP contribution in [0.2, 0.25) is 0 Å². The lowest BCUT2D eigenvalue weighted by Gasteiger charge is -2.11. The van der Waals surface area contributed by atoms with Crippen molar-refractivity contribution < 1.29 is 9.53 Å². The molecule has 0 atom stereocenters. The molecule has 6 heteroatoms. The van der Waals surface area contributed by atoms with Crippen molar-refractivity contribution >= 4 is 22.6 Å². The monoisotopic (exact) mass is 337 g/mol. The van der Waals surface area contributed by atoms with Gasteiger partial charge in [-0.2, -0.15) is 0 Å². The minimum Gasteiger partial charge on any atom is -0.494 e. The quantitative estimate of drug-likeness (QED) is 0.776. The van der Waals surface area contributed by atoms with Gasteiger partial charge in [-0.05, 0) is 50.2 Å². The van der Waals surface area contributed by atoms with E-state index < -0.39 is 11.5 Å². The highest BCUT2D eigenvalue weighted by molar-refractivity contribution is 6.03. The van der Waals surface area contributed by atoms with E-state index in [2.05, 4.69) is 10.3 Å². The summed E-state index contributed by atoms with van der Waals surface area (Å²) in [7, 11) is 0. The van der Waals surface area contributed by atoms with Crippen LogP contribution in [0.3, 0.4) is 0 Å². The molecule has 128 valence electrons. The third kappa shape index (κ3) is 3.38. The first-order valence-electron chi connectivity index (χ1n) is 8.17. The molecule has 0 aliphatic heterocycles. The van der Waals surface area contributed by atoms with E-state index in [0.717, 1.165) is 5.75 Å². The Kier molecular flexibility index (Phi) is 4.79. The number of aryl methyl sites for hydroxylation is 1. The van der Waals surface area contributed by atoms with Gasteiger partial charge in [-0.3, -0.25) is 9.59 Å². The molecule has 1 N–H and O–H groups in total. The van der Waals surface area contributed by atoms with Gasteiger partial charge in [0, 0.05) is 12.2 Å². The molecule has 0 fully saturated rings. The molecule has 0 saturated carbocycles. The van der Waals surface area contributed by atoms with Crippen molar-refractivity contribution in [2.24, 2.45) is 0 Å². The fraction of sp³-hybridized carbons (Fsp3) is 0.211. The number of carbonyl (C=O) groups is 1. The molecule has 1 heterocycles. The normalized spacial score (nSPS) is 10.6. The SMILES string of the molecule is CCOc1ccc(NC(=O)c2nc3ccccc3n(CC)c2=O)cc1. The maximum absolute atomic E-state index is 12.6. The molecule has 0 aliphatic rings. The molecular formula is C19H19N3O3. The second-order valence-corrected chi connectivity index (χ2v) is 5.41. The third-order valence-corrected chi connectivity index (χ3v) is 3.81. The van der Waals surface area contributed by atoms with Crippen LogP contribution in [0.4, 0.5) is 5.69 Å². The summed E-state index contributed by atoms with van der Waals surface area (Å²) in [5.74, 6) is 0.194. The zero-order valence-electron chi connectivity index (χ0n) is 14.2. The van der Waals surface area contributed by atoms with E-state index in [0.29, 0.717) is 29.9 Å². The maximum Gasteiger partial charge on any atom is 0.282 e. The van der Waals surface area contributed by atoms with Gasteiger partial charge < -0.3 is 14.6 Å². The number of hydrogen-bond acceptors (Lipinski definition) is 4. The van der Waals surface area contributed by atoms with Crippen LogP contribution < -0.4 is 15.6 Å². The van der Waals surface area contributed by atoms with Gasteiger partial charge in [0.1, 0.15) is 5.75 Å². The Balaban J connectivity index is 1.94. The summed E-state index contributed by atoms with van der Waals surface area (Å²) in [5.41, 5.74) is 1.39. The highest BCUT2D eigenvalue weighted by Crippen LogP contribution is 2.16. The number of amides is 1. The van der Waals surface area contributed by atoms with E-state index in [4.69, 9.17) is 4.74 Å². The number of ether oxygens (including phenoxy) is 1. The number of nitrogens with one attached hydrogen (secondary N) is 1. The Morgan fingerprint density at radius 3 is 2.52 bits per heavy atom. The van der Waals surface area contributed by atoms with Crippen molar-refractivity contribution in [1.82, 2.24) is 9.55 Å². The molecule has 1 aromatic heterocycles. The second kappa shape index (κ2) is 7.17. The Labute approximate surface area is 145 Å². The van der Waals surface area contributed by atoms with Gasteiger partial charge in [0.25, 0.3) is 11.5 Å². The molecular weight excluding hydrogens is 318 g/mol. The molecule has 3 aromatic rings. The summed E-state index contributed by atoms with van der Waals surface area (Å²) in [6.07, 6.45) is 0. The first-order chi connectivity index (χ1) is 12.1. The van der Waals surface area contributed by atoms with Gasteiger partial charge in [-0.15, -0.1) is 0 Å². The summed E-state index contributed by atoms with van der Waals surface area (Å²) in [4.78, 5) is 29.4. The minimum atomic E-state index is -0.526. The van der Waals surface area contributed by atoms with Crippen LogP contribution in [0.15, 0.2) is 53.3 Å². The molecule has 0 bridgehead atoms. The van der Waals surface area contributed by atoms with E-state index in [9.17, 15) is 9.59 Å². The summed E-state index contributed by atoms with van der Waals surface area (Å²) in [6, 6.07) is 14.2. The Morgan fingerprint density at radius 2 is 1.84 bits per heavy atom. The molecule has 0 saturated heterocycles. The molecule has 0 aliphatic carbocycles. The fourth-order valence-corrected chi connectivity index (χ4v) is 2.65. The summed E-state index contributed by atoms with van der Waals surface area (Å²) in [6.45, 7) is 4.80. The Hall–Kier alpha value is -3.15. The van der Waals surface area contributed by atoms with Crippen LogP contribution in [0.5, 0.6) is 5.75 Å².